The fourth-order valence-electron chi connectivity index (χ4n) is 0.834. The minimum atomic E-state index is 0.375. The van der Waals surface area contributed by atoms with Gasteiger partial charge in [0.2, 0.25) is 0 Å². The first-order chi connectivity index (χ1) is 5.33. The number of rotatable bonds is 4. The molecule has 0 radical (unpaired) electrons. The minimum absolute atomic E-state index is 0.375. The van der Waals surface area contributed by atoms with Crippen molar-refractivity contribution in [2.45, 2.75) is 13.5 Å². The molecule has 1 aromatic heterocycles. The van der Waals surface area contributed by atoms with Crippen LogP contribution in [0, 0.1) is 6.92 Å². The van der Waals surface area contributed by atoms with Gasteiger partial charge < -0.3 is 14.5 Å². The summed E-state index contributed by atoms with van der Waals surface area (Å²) in [5, 5.41) is 2.90. The Morgan fingerprint density at radius 3 is 3.00 bits per heavy atom. The van der Waals surface area contributed by atoms with E-state index in [9.17, 15) is 4.79 Å². The van der Waals surface area contributed by atoms with E-state index in [0.29, 0.717) is 13.1 Å². The predicted molar refractivity (Wildman–Crippen MR) is 41.2 cm³/mol. The van der Waals surface area contributed by atoms with Crippen LogP contribution in [0.3, 0.4) is 0 Å². The Bertz CT molecular complexity index is 230. The normalized spacial score (nSPS) is 9.91. The van der Waals surface area contributed by atoms with Gasteiger partial charge in [-0.3, -0.25) is 0 Å². The fourth-order valence-corrected chi connectivity index (χ4v) is 0.834. The highest BCUT2D eigenvalue weighted by atomic mass is 16.3. The van der Waals surface area contributed by atoms with Gasteiger partial charge in [0, 0.05) is 0 Å². The number of furan rings is 1. The molecule has 0 spiro atoms. The molecule has 1 aromatic rings. The van der Waals surface area contributed by atoms with Crippen LogP contribution in [0.5, 0.6) is 0 Å². The first-order valence-corrected chi connectivity index (χ1v) is 3.52. The minimum Gasteiger partial charge on any atom is -0.465 e. The molecule has 0 saturated heterocycles. The van der Waals surface area contributed by atoms with Gasteiger partial charge in [-0.15, -0.1) is 0 Å². The summed E-state index contributed by atoms with van der Waals surface area (Å²) >= 11 is 0. The molecule has 3 nitrogen and oxygen atoms in total. The number of aryl methyl sites for hydroxylation is 1. The zero-order valence-electron chi connectivity index (χ0n) is 6.46. The van der Waals surface area contributed by atoms with Crippen LogP contribution in [0.15, 0.2) is 16.5 Å². The van der Waals surface area contributed by atoms with Gasteiger partial charge in [-0.05, 0) is 19.1 Å². The van der Waals surface area contributed by atoms with Crippen LogP contribution in [-0.4, -0.2) is 12.8 Å². The van der Waals surface area contributed by atoms with E-state index in [1.165, 1.54) is 0 Å². The molecule has 0 aliphatic carbocycles. The fraction of sp³-hybridized carbons (Fsp3) is 0.375. The van der Waals surface area contributed by atoms with Crippen molar-refractivity contribution in [1.29, 1.82) is 0 Å². The number of carbonyl (C=O) groups excluding carboxylic acids is 1. The second-order valence-corrected chi connectivity index (χ2v) is 2.31. The van der Waals surface area contributed by atoms with Gasteiger partial charge in [-0.2, -0.15) is 0 Å². The third-order valence-electron chi connectivity index (χ3n) is 1.32. The lowest BCUT2D eigenvalue weighted by Crippen LogP contribution is -2.14. The Morgan fingerprint density at radius 1 is 1.64 bits per heavy atom. The van der Waals surface area contributed by atoms with Crippen molar-refractivity contribution in [1.82, 2.24) is 5.32 Å². The Balaban J connectivity index is 2.32. The molecule has 0 amide bonds. The molecule has 0 bridgehead atoms. The number of hydrogen-bond donors (Lipinski definition) is 1. The van der Waals surface area contributed by atoms with Crippen LogP contribution in [0.25, 0.3) is 0 Å². The molecule has 1 N–H and O–H groups in total. The zero-order valence-corrected chi connectivity index (χ0v) is 6.46. The average molecular weight is 153 g/mol. The lowest BCUT2D eigenvalue weighted by atomic mass is 10.4. The van der Waals surface area contributed by atoms with Crippen molar-refractivity contribution in [3.8, 4) is 0 Å². The van der Waals surface area contributed by atoms with Gasteiger partial charge in [-0.1, -0.05) is 0 Å². The zero-order chi connectivity index (χ0) is 8.10. The van der Waals surface area contributed by atoms with Gasteiger partial charge in [0.1, 0.15) is 17.8 Å². The van der Waals surface area contributed by atoms with Crippen molar-refractivity contribution in [2.75, 3.05) is 6.54 Å². The summed E-state index contributed by atoms with van der Waals surface area (Å²) in [5.41, 5.74) is 0. The van der Waals surface area contributed by atoms with Crippen LogP contribution in [0.2, 0.25) is 0 Å². The van der Waals surface area contributed by atoms with E-state index < -0.39 is 0 Å². The summed E-state index contributed by atoms with van der Waals surface area (Å²) < 4.78 is 5.25. The van der Waals surface area contributed by atoms with Crippen molar-refractivity contribution < 1.29 is 9.21 Å². The molecular formula is C8H11NO2. The van der Waals surface area contributed by atoms with Crippen LogP contribution < -0.4 is 5.32 Å². The maximum atomic E-state index is 9.91. The molecule has 60 valence electrons. The summed E-state index contributed by atoms with van der Waals surface area (Å²) in [4.78, 5) is 9.91. The Hall–Kier alpha value is -1.09. The van der Waals surface area contributed by atoms with E-state index in [4.69, 9.17) is 4.42 Å². The van der Waals surface area contributed by atoms with E-state index in [-0.39, 0.29) is 0 Å². The highest BCUT2D eigenvalue weighted by molar-refractivity contribution is 5.51. The summed E-state index contributed by atoms with van der Waals surface area (Å²) in [7, 11) is 0. The molecule has 1 heterocycles. The second kappa shape index (κ2) is 3.93. The van der Waals surface area contributed by atoms with Crippen molar-refractivity contribution in [2.24, 2.45) is 0 Å². The lowest BCUT2D eigenvalue weighted by Gasteiger charge is -1.94. The molecule has 0 atom stereocenters. The van der Waals surface area contributed by atoms with Gasteiger partial charge >= 0.3 is 0 Å². The van der Waals surface area contributed by atoms with E-state index in [0.717, 1.165) is 17.8 Å². The maximum absolute atomic E-state index is 9.91. The lowest BCUT2D eigenvalue weighted by molar-refractivity contribution is -0.107. The molecule has 0 unspecified atom stereocenters. The highest BCUT2D eigenvalue weighted by Crippen LogP contribution is 2.04. The maximum Gasteiger partial charge on any atom is 0.133 e. The number of hydrogen-bond acceptors (Lipinski definition) is 3. The molecule has 0 aliphatic rings. The summed E-state index contributed by atoms with van der Waals surface area (Å²) in [6.07, 6.45) is 0.829. The van der Waals surface area contributed by atoms with Crippen LogP contribution in [0.4, 0.5) is 0 Å². The molecule has 0 fully saturated rings. The molecule has 11 heavy (non-hydrogen) atoms. The second-order valence-electron chi connectivity index (χ2n) is 2.31. The molecule has 0 saturated carbocycles. The largest absolute Gasteiger partial charge is 0.465 e. The summed E-state index contributed by atoms with van der Waals surface area (Å²) in [6.45, 7) is 2.88. The topological polar surface area (TPSA) is 42.2 Å². The van der Waals surface area contributed by atoms with Crippen LogP contribution >= 0.6 is 0 Å². The first kappa shape index (κ1) is 8.01. The Morgan fingerprint density at radius 2 is 2.45 bits per heavy atom. The first-order valence-electron chi connectivity index (χ1n) is 3.52. The highest BCUT2D eigenvalue weighted by Gasteiger charge is 1.95. The molecular weight excluding hydrogens is 142 g/mol. The van der Waals surface area contributed by atoms with E-state index in [1.807, 2.05) is 19.1 Å². The Kier molecular flexibility index (Phi) is 2.86. The quantitative estimate of drug-likeness (QED) is 0.515. The van der Waals surface area contributed by atoms with E-state index in [1.54, 1.807) is 0 Å². The summed E-state index contributed by atoms with van der Waals surface area (Å²) in [6, 6.07) is 3.80. The molecule has 3 heteroatoms. The van der Waals surface area contributed by atoms with Crippen LogP contribution in [-0.2, 0) is 11.3 Å². The number of aldehydes is 1. The van der Waals surface area contributed by atoms with Crippen molar-refractivity contribution in [3.05, 3.63) is 23.7 Å². The average Bonchev–Trinajstić information content (AvgIpc) is 2.37. The third kappa shape index (κ3) is 2.55. The standard InChI is InChI=1S/C8H11NO2/c1-7-2-3-8(11-7)6-9-4-5-10/h2-3,5,9H,4,6H2,1H3. The SMILES string of the molecule is Cc1ccc(CNCC=O)o1. The predicted octanol–water partition coefficient (Wildman–Crippen LogP) is 0.877. The summed E-state index contributed by atoms with van der Waals surface area (Å²) in [5.74, 6) is 1.76. The monoisotopic (exact) mass is 153 g/mol. The van der Waals surface area contributed by atoms with E-state index >= 15 is 0 Å². The number of nitrogens with one attached hydrogen (secondary N) is 1. The molecule has 0 aromatic carbocycles. The molecule has 0 aliphatic heterocycles. The van der Waals surface area contributed by atoms with Crippen molar-refractivity contribution in [3.63, 3.8) is 0 Å². The van der Waals surface area contributed by atoms with Gasteiger partial charge in [0.15, 0.2) is 0 Å². The number of carbonyl (C=O) groups is 1. The smallest absolute Gasteiger partial charge is 0.133 e. The van der Waals surface area contributed by atoms with Gasteiger partial charge in [-0.25, -0.2) is 0 Å². The van der Waals surface area contributed by atoms with Gasteiger partial charge in [0.25, 0.3) is 0 Å². The molecule has 1 rings (SSSR count). The van der Waals surface area contributed by atoms with Crippen molar-refractivity contribution >= 4 is 6.29 Å². The van der Waals surface area contributed by atoms with Crippen LogP contribution in [0.1, 0.15) is 11.5 Å². The third-order valence-corrected chi connectivity index (χ3v) is 1.32. The van der Waals surface area contributed by atoms with E-state index in [2.05, 4.69) is 5.32 Å². The Labute approximate surface area is 65.4 Å². The van der Waals surface area contributed by atoms with Gasteiger partial charge in [0.05, 0.1) is 13.1 Å².